The fourth-order valence-corrected chi connectivity index (χ4v) is 2.72. The second kappa shape index (κ2) is 4.36. The van der Waals surface area contributed by atoms with Gasteiger partial charge >= 0.3 is 0 Å². The van der Waals surface area contributed by atoms with Crippen molar-refractivity contribution in [2.45, 2.75) is 31.4 Å². The van der Waals surface area contributed by atoms with Gasteiger partial charge in [-0.2, -0.15) is 0 Å². The first-order valence-corrected chi connectivity index (χ1v) is 6.08. The van der Waals surface area contributed by atoms with Crippen LogP contribution >= 0.6 is 11.6 Å². The second-order valence-electron chi connectivity index (χ2n) is 4.80. The lowest BCUT2D eigenvalue weighted by molar-refractivity contribution is -0.0407. The minimum Gasteiger partial charge on any atom is -0.385 e. The number of likely N-dealkylation sites (tertiary alicyclic amines) is 1. The van der Waals surface area contributed by atoms with Crippen LogP contribution in [-0.4, -0.2) is 29.6 Å². The predicted molar refractivity (Wildman–Crippen MR) is 66.7 cm³/mol. The Hall–Kier alpha value is -0.570. The Bertz CT molecular complexity index is 382. The average molecular weight is 240 g/mol. The molecule has 3 heteroatoms. The normalized spacial score (nSPS) is 31.6. The van der Waals surface area contributed by atoms with Crippen LogP contribution in [0.25, 0.3) is 0 Å². The van der Waals surface area contributed by atoms with Gasteiger partial charge in [0.2, 0.25) is 0 Å². The van der Waals surface area contributed by atoms with Crippen LogP contribution in [0, 0.1) is 0 Å². The molecule has 0 bridgehead atoms. The van der Waals surface area contributed by atoms with Crippen LogP contribution in [-0.2, 0) is 5.60 Å². The van der Waals surface area contributed by atoms with Gasteiger partial charge in [0.15, 0.2) is 0 Å². The van der Waals surface area contributed by atoms with Crippen LogP contribution in [0.15, 0.2) is 24.3 Å². The van der Waals surface area contributed by atoms with Crippen molar-refractivity contribution in [2.24, 2.45) is 0 Å². The zero-order valence-electron chi connectivity index (χ0n) is 9.78. The lowest BCUT2D eigenvalue weighted by Crippen LogP contribution is -2.46. The van der Waals surface area contributed by atoms with Gasteiger partial charge in [-0.3, -0.25) is 0 Å². The van der Waals surface area contributed by atoms with Gasteiger partial charge < -0.3 is 10.0 Å². The Morgan fingerprint density at radius 2 is 2.12 bits per heavy atom. The van der Waals surface area contributed by atoms with E-state index in [2.05, 4.69) is 18.9 Å². The van der Waals surface area contributed by atoms with E-state index in [9.17, 15) is 5.11 Å². The number of hydrogen-bond acceptors (Lipinski definition) is 2. The molecule has 88 valence electrons. The van der Waals surface area contributed by atoms with E-state index >= 15 is 0 Å². The Balaban J connectivity index is 2.29. The summed E-state index contributed by atoms with van der Waals surface area (Å²) < 4.78 is 0. The molecule has 1 aliphatic heterocycles. The largest absolute Gasteiger partial charge is 0.385 e. The maximum Gasteiger partial charge on any atom is 0.0937 e. The molecule has 1 heterocycles. The topological polar surface area (TPSA) is 23.5 Å². The van der Waals surface area contributed by atoms with E-state index in [0.29, 0.717) is 11.1 Å². The summed E-state index contributed by atoms with van der Waals surface area (Å²) in [5, 5.41) is 11.4. The van der Waals surface area contributed by atoms with Gasteiger partial charge in [0.25, 0.3) is 0 Å². The Labute approximate surface area is 102 Å². The SMILES string of the molecule is CC1CC(O)(c2ccccc2Cl)CCN1C. The molecule has 0 spiro atoms. The Kier molecular flexibility index (Phi) is 3.24. The van der Waals surface area contributed by atoms with Gasteiger partial charge in [0.05, 0.1) is 5.60 Å². The molecule has 1 aromatic carbocycles. The van der Waals surface area contributed by atoms with Gasteiger partial charge in [0, 0.05) is 23.2 Å². The highest BCUT2D eigenvalue weighted by molar-refractivity contribution is 6.31. The number of benzene rings is 1. The van der Waals surface area contributed by atoms with Crippen molar-refractivity contribution in [3.8, 4) is 0 Å². The van der Waals surface area contributed by atoms with Crippen LogP contribution in [0.1, 0.15) is 25.3 Å². The fourth-order valence-electron chi connectivity index (χ4n) is 2.41. The lowest BCUT2D eigenvalue weighted by atomic mass is 9.81. The van der Waals surface area contributed by atoms with Crippen molar-refractivity contribution in [3.63, 3.8) is 0 Å². The summed E-state index contributed by atoms with van der Waals surface area (Å²) in [5.74, 6) is 0. The highest BCUT2D eigenvalue weighted by Crippen LogP contribution is 2.38. The smallest absolute Gasteiger partial charge is 0.0937 e. The first-order chi connectivity index (χ1) is 7.53. The lowest BCUT2D eigenvalue weighted by Gasteiger charge is -2.41. The van der Waals surface area contributed by atoms with E-state index in [1.165, 1.54) is 0 Å². The molecule has 1 fully saturated rings. The standard InChI is InChI=1S/C13H18ClNO/c1-10-9-13(16,7-8-15(10)2)11-5-3-4-6-12(11)14/h3-6,10,16H,7-9H2,1-2H3. The minimum atomic E-state index is -0.760. The van der Waals surface area contributed by atoms with Crippen LogP contribution in [0.5, 0.6) is 0 Å². The van der Waals surface area contributed by atoms with E-state index < -0.39 is 5.60 Å². The molecular formula is C13H18ClNO. The van der Waals surface area contributed by atoms with Crippen molar-refractivity contribution < 1.29 is 5.11 Å². The van der Waals surface area contributed by atoms with Crippen molar-refractivity contribution in [1.29, 1.82) is 0 Å². The van der Waals surface area contributed by atoms with Crippen LogP contribution in [0.2, 0.25) is 5.02 Å². The molecule has 1 saturated heterocycles. The fraction of sp³-hybridized carbons (Fsp3) is 0.538. The second-order valence-corrected chi connectivity index (χ2v) is 5.20. The predicted octanol–water partition coefficient (Wildman–Crippen LogP) is 2.64. The molecule has 2 rings (SSSR count). The van der Waals surface area contributed by atoms with Crippen molar-refractivity contribution in [1.82, 2.24) is 4.90 Å². The van der Waals surface area contributed by atoms with Gasteiger partial charge in [0.1, 0.15) is 0 Å². The average Bonchev–Trinajstić information content (AvgIpc) is 2.25. The highest BCUT2D eigenvalue weighted by Gasteiger charge is 2.37. The zero-order valence-corrected chi connectivity index (χ0v) is 10.5. The third kappa shape index (κ3) is 2.10. The monoisotopic (exact) mass is 239 g/mol. The number of piperidine rings is 1. The number of aliphatic hydroxyl groups is 1. The summed E-state index contributed by atoms with van der Waals surface area (Å²) in [7, 11) is 2.09. The van der Waals surface area contributed by atoms with Crippen molar-refractivity contribution in [3.05, 3.63) is 34.9 Å². The van der Waals surface area contributed by atoms with E-state index in [4.69, 9.17) is 11.6 Å². The molecule has 0 amide bonds. The van der Waals surface area contributed by atoms with Crippen molar-refractivity contribution >= 4 is 11.6 Å². The Morgan fingerprint density at radius 1 is 1.44 bits per heavy atom. The molecule has 1 aromatic rings. The first-order valence-electron chi connectivity index (χ1n) is 5.70. The van der Waals surface area contributed by atoms with Crippen LogP contribution in [0.3, 0.4) is 0 Å². The van der Waals surface area contributed by atoms with Gasteiger partial charge in [-0.25, -0.2) is 0 Å². The molecule has 16 heavy (non-hydrogen) atoms. The summed E-state index contributed by atoms with van der Waals surface area (Å²) in [4.78, 5) is 2.27. The highest BCUT2D eigenvalue weighted by atomic mass is 35.5. The molecule has 1 N–H and O–H groups in total. The van der Waals surface area contributed by atoms with Gasteiger partial charge in [-0.1, -0.05) is 29.8 Å². The third-order valence-electron chi connectivity index (χ3n) is 3.64. The quantitative estimate of drug-likeness (QED) is 0.815. The van der Waals surface area contributed by atoms with Crippen molar-refractivity contribution in [2.75, 3.05) is 13.6 Å². The maximum absolute atomic E-state index is 10.7. The molecular weight excluding hydrogens is 222 g/mol. The molecule has 0 aromatic heterocycles. The summed E-state index contributed by atoms with van der Waals surface area (Å²) in [5.41, 5.74) is 0.112. The van der Waals surface area contributed by atoms with E-state index in [1.54, 1.807) is 0 Å². The number of hydrogen-bond donors (Lipinski definition) is 1. The number of rotatable bonds is 1. The van der Waals surface area contributed by atoms with Crippen LogP contribution in [0.4, 0.5) is 0 Å². The summed E-state index contributed by atoms with van der Waals surface area (Å²) >= 11 is 6.16. The van der Waals surface area contributed by atoms with E-state index in [-0.39, 0.29) is 0 Å². The number of halogens is 1. The molecule has 2 nitrogen and oxygen atoms in total. The molecule has 0 radical (unpaired) electrons. The summed E-state index contributed by atoms with van der Waals surface area (Å²) in [6, 6.07) is 7.99. The Morgan fingerprint density at radius 3 is 2.75 bits per heavy atom. The molecule has 0 aliphatic carbocycles. The van der Waals surface area contributed by atoms with Gasteiger partial charge in [-0.15, -0.1) is 0 Å². The maximum atomic E-state index is 10.7. The van der Waals surface area contributed by atoms with Gasteiger partial charge in [-0.05, 0) is 32.9 Å². The zero-order chi connectivity index (χ0) is 11.8. The van der Waals surface area contributed by atoms with E-state index in [0.717, 1.165) is 24.9 Å². The summed E-state index contributed by atoms with van der Waals surface area (Å²) in [6.07, 6.45) is 1.49. The molecule has 1 aliphatic rings. The first kappa shape index (κ1) is 11.9. The molecule has 2 atom stereocenters. The molecule has 0 saturated carbocycles. The molecule has 2 unspecified atom stereocenters. The van der Waals surface area contributed by atoms with Crippen LogP contribution < -0.4 is 0 Å². The summed E-state index contributed by atoms with van der Waals surface area (Å²) in [6.45, 7) is 3.05. The number of nitrogens with zero attached hydrogens (tertiary/aromatic N) is 1. The van der Waals surface area contributed by atoms with E-state index in [1.807, 2.05) is 24.3 Å². The third-order valence-corrected chi connectivity index (χ3v) is 3.97. The minimum absolute atomic E-state index is 0.384.